The second kappa shape index (κ2) is 4.04. The fraction of sp³-hybridized carbons (Fsp3) is 0.0769. The Hall–Kier alpha value is -2.41. The highest BCUT2D eigenvalue weighted by Crippen LogP contribution is 2.23. The van der Waals surface area contributed by atoms with Gasteiger partial charge >= 0.3 is 5.63 Å². The number of hydrogen-bond acceptors (Lipinski definition) is 6. The average Bonchev–Trinajstić information content (AvgIpc) is 2.90. The van der Waals surface area contributed by atoms with Crippen LogP contribution in [-0.2, 0) is 0 Å². The Bertz CT molecular complexity index is 1020. The molecule has 0 radical (unpaired) electrons. The third kappa shape index (κ3) is 1.47. The van der Waals surface area contributed by atoms with Crippen LogP contribution in [0.25, 0.3) is 27.6 Å². The summed E-state index contributed by atoms with van der Waals surface area (Å²) in [5.41, 5.74) is 0.780. The first-order valence-corrected chi connectivity index (χ1v) is 7.12. The Balaban J connectivity index is 2.35. The average molecular weight is 284 g/mol. The number of para-hydroxylation sites is 1. The molecule has 0 aliphatic carbocycles. The van der Waals surface area contributed by atoms with Crippen molar-refractivity contribution in [3.63, 3.8) is 0 Å². The fourth-order valence-electron chi connectivity index (χ4n) is 2.22. The van der Waals surface area contributed by atoms with E-state index in [1.54, 1.807) is 10.6 Å². The number of hydrogen-bond donors (Lipinski definition) is 0. The SMILES string of the molecule is CSc1nc2ncc3c(=O)oc4ccccc4c3n2n1. The van der Waals surface area contributed by atoms with Gasteiger partial charge in [-0.25, -0.2) is 9.78 Å². The van der Waals surface area contributed by atoms with E-state index in [9.17, 15) is 4.79 Å². The maximum atomic E-state index is 12.0. The molecule has 6 nitrogen and oxygen atoms in total. The summed E-state index contributed by atoms with van der Waals surface area (Å²) in [5.74, 6) is 0.470. The van der Waals surface area contributed by atoms with Crippen molar-refractivity contribution in [2.75, 3.05) is 6.26 Å². The zero-order valence-electron chi connectivity index (χ0n) is 10.4. The minimum Gasteiger partial charge on any atom is -0.422 e. The highest BCUT2D eigenvalue weighted by atomic mass is 32.2. The molecule has 0 fully saturated rings. The highest BCUT2D eigenvalue weighted by molar-refractivity contribution is 7.98. The zero-order valence-corrected chi connectivity index (χ0v) is 11.2. The largest absolute Gasteiger partial charge is 0.422 e. The number of fused-ring (bicyclic) bond motifs is 5. The molecule has 4 rings (SSSR count). The first-order chi connectivity index (χ1) is 9.78. The van der Waals surface area contributed by atoms with Crippen molar-refractivity contribution in [2.24, 2.45) is 0 Å². The summed E-state index contributed by atoms with van der Waals surface area (Å²) in [7, 11) is 0. The Morgan fingerprint density at radius 3 is 2.95 bits per heavy atom. The van der Waals surface area contributed by atoms with Gasteiger partial charge in [0.2, 0.25) is 5.16 Å². The van der Waals surface area contributed by atoms with Crippen LogP contribution < -0.4 is 5.63 Å². The number of thioether (sulfide) groups is 1. The van der Waals surface area contributed by atoms with Crippen molar-refractivity contribution in [1.82, 2.24) is 19.6 Å². The van der Waals surface area contributed by atoms with Crippen molar-refractivity contribution >= 4 is 39.4 Å². The molecule has 0 aliphatic heterocycles. The molecule has 0 unspecified atom stereocenters. The molecule has 3 heterocycles. The van der Waals surface area contributed by atoms with Crippen molar-refractivity contribution in [1.29, 1.82) is 0 Å². The van der Waals surface area contributed by atoms with Gasteiger partial charge in [0.1, 0.15) is 11.0 Å². The summed E-state index contributed by atoms with van der Waals surface area (Å²) in [6, 6.07) is 7.36. The lowest BCUT2D eigenvalue weighted by Gasteiger charge is -2.02. The van der Waals surface area contributed by atoms with Gasteiger partial charge in [-0.15, -0.1) is 5.10 Å². The molecule has 3 aromatic heterocycles. The van der Waals surface area contributed by atoms with E-state index in [2.05, 4.69) is 15.1 Å². The Labute approximate surface area is 116 Å². The van der Waals surface area contributed by atoms with E-state index in [0.29, 0.717) is 27.4 Å². The molecule has 98 valence electrons. The van der Waals surface area contributed by atoms with Crippen molar-refractivity contribution in [3.05, 3.63) is 40.9 Å². The molecular formula is C13H8N4O2S. The molecule has 0 spiro atoms. The van der Waals surface area contributed by atoms with Crippen LogP contribution in [0.5, 0.6) is 0 Å². The number of rotatable bonds is 1. The molecule has 0 atom stereocenters. The second-order valence-corrected chi connectivity index (χ2v) is 4.99. The Morgan fingerprint density at radius 1 is 1.25 bits per heavy atom. The summed E-state index contributed by atoms with van der Waals surface area (Å²) >= 11 is 1.43. The van der Waals surface area contributed by atoms with Crippen molar-refractivity contribution in [3.8, 4) is 0 Å². The minimum absolute atomic E-state index is 0.397. The van der Waals surface area contributed by atoms with Gasteiger partial charge in [-0.3, -0.25) is 0 Å². The zero-order chi connectivity index (χ0) is 13.7. The van der Waals surface area contributed by atoms with E-state index in [4.69, 9.17) is 4.42 Å². The molecule has 4 aromatic rings. The third-order valence-corrected chi connectivity index (χ3v) is 3.63. The van der Waals surface area contributed by atoms with Crippen molar-refractivity contribution < 1.29 is 4.42 Å². The molecule has 7 heteroatoms. The molecule has 0 aliphatic rings. The predicted molar refractivity (Wildman–Crippen MR) is 76.1 cm³/mol. The van der Waals surface area contributed by atoms with Crippen molar-refractivity contribution in [2.45, 2.75) is 5.16 Å². The quantitative estimate of drug-likeness (QED) is 0.303. The number of aromatic nitrogens is 4. The lowest BCUT2D eigenvalue weighted by atomic mass is 10.2. The maximum Gasteiger partial charge on any atom is 0.347 e. The fourth-order valence-corrected chi connectivity index (χ4v) is 2.55. The van der Waals surface area contributed by atoms with Crippen LogP contribution in [0, 0.1) is 0 Å². The second-order valence-electron chi connectivity index (χ2n) is 4.22. The maximum absolute atomic E-state index is 12.0. The summed E-state index contributed by atoms with van der Waals surface area (Å²) in [4.78, 5) is 20.5. The van der Waals surface area contributed by atoms with Crippen LogP contribution >= 0.6 is 11.8 Å². The van der Waals surface area contributed by atoms with Gasteiger partial charge < -0.3 is 4.42 Å². The molecule has 0 saturated carbocycles. The van der Waals surface area contributed by atoms with Crippen LogP contribution in [0.15, 0.2) is 44.8 Å². The summed E-state index contributed by atoms with van der Waals surface area (Å²) < 4.78 is 6.89. The van der Waals surface area contributed by atoms with Gasteiger partial charge in [0.25, 0.3) is 5.78 Å². The Morgan fingerprint density at radius 2 is 2.10 bits per heavy atom. The van der Waals surface area contributed by atoms with Crippen LogP contribution in [0.4, 0.5) is 0 Å². The molecule has 0 amide bonds. The van der Waals surface area contributed by atoms with E-state index in [1.165, 1.54) is 18.0 Å². The lowest BCUT2D eigenvalue weighted by Crippen LogP contribution is -2.05. The predicted octanol–water partition coefficient (Wildman–Crippen LogP) is 2.11. The van der Waals surface area contributed by atoms with E-state index in [-0.39, 0.29) is 0 Å². The molecule has 0 N–H and O–H groups in total. The number of benzene rings is 1. The van der Waals surface area contributed by atoms with Gasteiger partial charge in [-0.1, -0.05) is 23.9 Å². The molecular weight excluding hydrogens is 276 g/mol. The van der Waals surface area contributed by atoms with Crippen LogP contribution in [0.3, 0.4) is 0 Å². The molecule has 0 bridgehead atoms. The molecule has 20 heavy (non-hydrogen) atoms. The summed E-state index contributed by atoms with van der Waals surface area (Å²) in [5, 5.41) is 6.20. The minimum atomic E-state index is -0.422. The molecule has 0 saturated heterocycles. The standard InChI is InChI=1S/C13H8N4O2S/c1-20-13-15-12-14-6-8-10(17(12)16-13)7-4-2-3-5-9(7)19-11(8)18/h2-6H,1H3. The third-order valence-electron chi connectivity index (χ3n) is 3.09. The highest BCUT2D eigenvalue weighted by Gasteiger charge is 2.14. The first-order valence-electron chi connectivity index (χ1n) is 5.89. The van der Waals surface area contributed by atoms with Gasteiger partial charge in [0.05, 0.1) is 5.52 Å². The van der Waals surface area contributed by atoms with E-state index >= 15 is 0 Å². The van der Waals surface area contributed by atoms with E-state index in [0.717, 1.165) is 5.39 Å². The van der Waals surface area contributed by atoms with Crippen LogP contribution in [0.1, 0.15) is 0 Å². The topological polar surface area (TPSA) is 73.3 Å². The summed E-state index contributed by atoms with van der Waals surface area (Å²) in [6.07, 6.45) is 3.38. The number of nitrogens with zero attached hydrogens (tertiary/aromatic N) is 4. The van der Waals surface area contributed by atoms with Gasteiger partial charge in [-0.05, 0) is 18.4 Å². The van der Waals surface area contributed by atoms with E-state index < -0.39 is 5.63 Å². The van der Waals surface area contributed by atoms with Crippen LogP contribution in [-0.4, -0.2) is 25.8 Å². The van der Waals surface area contributed by atoms with Gasteiger partial charge in [-0.2, -0.15) is 9.50 Å². The first kappa shape index (κ1) is 11.4. The van der Waals surface area contributed by atoms with Crippen LogP contribution in [0.2, 0.25) is 0 Å². The van der Waals surface area contributed by atoms with E-state index in [1.807, 2.05) is 24.5 Å². The van der Waals surface area contributed by atoms with Gasteiger partial charge in [0.15, 0.2) is 0 Å². The normalized spacial score (nSPS) is 11.7. The smallest absolute Gasteiger partial charge is 0.347 e. The Kier molecular flexibility index (Phi) is 2.31. The van der Waals surface area contributed by atoms with Gasteiger partial charge in [0, 0.05) is 11.6 Å². The summed E-state index contributed by atoms with van der Waals surface area (Å²) in [6.45, 7) is 0. The monoisotopic (exact) mass is 284 g/mol. The molecule has 1 aromatic carbocycles. The lowest BCUT2D eigenvalue weighted by molar-refractivity contribution is 0.568.